The third-order valence-electron chi connectivity index (χ3n) is 2.60. The molecule has 0 aliphatic heterocycles. The van der Waals surface area contributed by atoms with E-state index in [9.17, 15) is 0 Å². The maximum Gasteiger partial charge on any atom is 0.133 e. The molecule has 0 aliphatic carbocycles. The van der Waals surface area contributed by atoms with Crippen LogP contribution in [0.2, 0.25) is 0 Å². The van der Waals surface area contributed by atoms with Crippen molar-refractivity contribution in [2.75, 3.05) is 17.7 Å². The number of pyridine rings is 1. The topological polar surface area (TPSA) is 68.2 Å². The first-order valence-corrected chi connectivity index (χ1v) is 5.41. The van der Waals surface area contributed by atoms with E-state index in [2.05, 4.69) is 10.1 Å². The van der Waals surface area contributed by atoms with Gasteiger partial charge in [0.2, 0.25) is 0 Å². The Morgan fingerprint density at radius 3 is 2.71 bits per heavy atom. The Morgan fingerprint density at radius 2 is 2.12 bits per heavy atom. The van der Waals surface area contributed by atoms with Crippen LogP contribution in [0.5, 0.6) is 0 Å². The van der Waals surface area contributed by atoms with Crippen molar-refractivity contribution in [1.29, 1.82) is 0 Å². The summed E-state index contributed by atoms with van der Waals surface area (Å²) in [6.45, 7) is 4.46. The van der Waals surface area contributed by atoms with E-state index in [4.69, 9.17) is 10.3 Å². The van der Waals surface area contributed by atoms with Crippen LogP contribution in [-0.2, 0) is 6.54 Å². The fraction of sp³-hybridized carbons (Fsp3) is 0.333. The van der Waals surface area contributed by atoms with E-state index in [0.29, 0.717) is 6.54 Å². The summed E-state index contributed by atoms with van der Waals surface area (Å²) in [6.07, 6.45) is 1.77. The van der Waals surface area contributed by atoms with Gasteiger partial charge in [0.25, 0.3) is 0 Å². The highest BCUT2D eigenvalue weighted by Gasteiger charge is 2.08. The molecule has 0 spiro atoms. The van der Waals surface area contributed by atoms with Crippen LogP contribution in [-0.4, -0.2) is 17.2 Å². The van der Waals surface area contributed by atoms with E-state index >= 15 is 0 Å². The van der Waals surface area contributed by atoms with Crippen molar-refractivity contribution in [3.05, 3.63) is 35.3 Å². The maximum atomic E-state index is 5.86. The Balaban J connectivity index is 2.14. The molecule has 5 nitrogen and oxygen atoms in total. The van der Waals surface area contributed by atoms with Gasteiger partial charge in [-0.25, -0.2) is 4.98 Å². The minimum Gasteiger partial charge on any atom is -0.398 e. The van der Waals surface area contributed by atoms with Gasteiger partial charge >= 0.3 is 0 Å². The van der Waals surface area contributed by atoms with E-state index in [1.807, 2.05) is 37.9 Å². The molecule has 0 saturated carbocycles. The van der Waals surface area contributed by atoms with Gasteiger partial charge in [-0.1, -0.05) is 5.16 Å². The lowest BCUT2D eigenvalue weighted by atomic mass is 10.2. The van der Waals surface area contributed by atoms with E-state index < -0.39 is 0 Å². The quantitative estimate of drug-likeness (QED) is 0.875. The van der Waals surface area contributed by atoms with Crippen molar-refractivity contribution in [2.24, 2.45) is 0 Å². The minimum absolute atomic E-state index is 0.646. The lowest BCUT2D eigenvalue weighted by molar-refractivity contribution is 0.390. The molecule has 0 fully saturated rings. The Morgan fingerprint density at radius 1 is 1.35 bits per heavy atom. The molecule has 5 heteroatoms. The predicted octanol–water partition coefficient (Wildman–Crippen LogP) is 1.91. The molecule has 0 bridgehead atoms. The van der Waals surface area contributed by atoms with Gasteiger partial charge in [0.05, 0.1) is 6.54 Å². The second-order valence-corrected chi connectivity index (χ2v) is 4.18. The zero-order chi connectivity index (χ0) is 12.4. The lowest BCUT2D eigenvalue weighted by Crippen LogP contribution is -2.18. The number of nitrogens with zero attached hydrogens (tertiary/aromatic N) is 3. The molecule has 2 aromatic rings. The third kappa shape index (κ3) is 2.55. The molecule has 2 N–H and O–H groups in total. The van der Waals surface area contributed by atoms with Crippen molar-refractivity contribution >= 4 is 11.5 Å². The summed E-state index contributed by atoms with van der Waals surface area (Å²) in [6, 6.07) is 3.77. The molecule has 0 aliphatic rings. The molecule has 0 amide bonds. The summed E-state index contributed by atoms with van der Waals surface area (Å²) in [5, 5.41) is 3.95. The lowest BCUT2D eigenvalue weighted by Gasteiger charge is -2.17. The molecule has 0 saturated heterocycles. The van der Waals surface area contributed by atoms with Crippen molar-refractivity contribution in [1.82, 2.24) is 10.1 Å². The highest BCUT2D eigenvalue weighted by Crippen LogP contribution is 2.18. The molecular weight excluding hydrogens is 216 g/mol. The summed E-state index contributed by atoms with van der Waals surface area (Å²) < 4.78 is 5.02. The van der Waals surface area contributed by atoms with Crippen LogP contribution >= 0.6 is 0 Å². The van der Waals surface area contributed by atoms with Crippen LogP contribution in [0.4, 0.5) is 11.5 Å². The van der Waals surface area contributed by atoms with Gasteiger partial charge in [0.1, 0.15) is 17.3 Å². The average molecular weight is 232 g/mol. The first kappa shape index (κ1) is 11.4. The molecule has 2 heterocycles. The van der Waals surface area contributed by atoms with Crippen LogP contribution in [0.3, 0.4) is 0 Å². The smallest absolute Gasteiger partial charge is 0.133 e. The number of rotatable bonds is 3. The van der Waals surface area contributed by atoms with Crippen LogP contribution in [0.1, 0.15) is 17.0 Å². The van der Waals surface area contributed by atoms with E-state index in [1.54, 1.807) is 6.20 Å². The van der Waals surface area contributed by atoms with Crippen molar-refractivity contribution < 1.29 is 4.52 Å². The van der Waals surface area contributed by atoms with Crippen LogP contribution in [0.15, 0.2) is 22.9 Å². The zero-order valence-electron chi connectivity index (χ0n) is 10.3. The minimum atomic E-state index is 0.646. The second kappa shape index (κ2) is 4.45. The van der Waals surface area contributed by atoms with Gasteiger partial charge < -0.3 is 15.2 Å². The number of nitrogen functional groups attached to an aromatic ring is 1. The number of hydrogen-bond donors (Lipinski definition) is 1. The number of aryl methyl sites for hydroxylation is 2. The number of anilines is 2. The first-order valence-electron chi connectivity index (χ1n) is 5.41. The van der Waals surface area contributed by atoms with Crippen molar-refractivity contribution in [2.45, 2.75) is 20.4 Å². The van der Waals surface area contributed by atoms with Crippen molar-refractivity contribution in [3.8, 4) is 0 Å². The Kier molecular flexibility index (Phi) is 2.99. The fourth-order valence-electron chi connectivity index (χ4n) is 1.55. The predicted molar refractivity (Wildman–Crippen MR) is 66.7 cm³/mol. The standard InChI is InChI=1S/C12H16N4O/c1-8-6-14-12(5-11(8)13)16(3)7-10-4-9(2)17-15-10/h4-6H,7H2,1-3H3,(H2,13,14). The molecule has 2 aromatic heterocycles. The molecule has 0 atom stereocenters. The normalized spacial score (nSPS) is 10.5. The molecule has 90 valence electrons. The molecular formula is C12H16N4O. The van der Waals surface area contributed by atoms with Crippen LogP contribution < -0.4 is 10.6 Å². The number of hydrogen-bond acceptors (Lipinski definition) is 5. The van der Waals surface area contributed by atoms with Gasteiger partial charge in [0.15, 0.2) is 0 Å². The van der Waals surface area contributed by atoms with Gasteiger partial charge in [0, 0.05) is 31.1 Å². The highest BCUT2D eigenvalue weighted by molar-refractivity contribution is 5.54. The molecule has 0 radical (unpaired) electrons. The summed E-state index contributed by atoms with van der Waals surface area (Å²) >= 11 is 0. The van der Waals surface area contributed by atoms with Gasteiger partial charge in [-0.2, -0.15) is 0 Å². The van der Waals surface area contributed by atoms with E-state index in [0.717, 1.165) is 28.5 Å². The molecule has 17 heavy (non-hydrogen) atoms. The summed E-state index contributed by atoms with van der Waals surface area (Å²) in [7, 11) is 1.95. The SMILES string of the molecule is Cc1cc(CN(C)c2cc(N)c(C)cn2)no1. The zero-order valence-corrected chi connectivity index (χ0v) is 10.3. The largest absolute Gasteiger partial charge is 0.398 e. The highest BCUT2D eigenvalue weighted by atomic mass is 16.5. The summed E-state index contributed by atoms with van der Waals surface area (Å²) in [5.74, 6) is 1.64. The monoisotopic (exact) mass is 232 g/mol. The molecule has 0 aromatic carbocycles. The van der Waals surface area contributed by atoms with Crippen LogP contribution in [0.25, 0.3) is 0 Å². The molecule has 2 rings (SSSR count). The first-order chi connectivity index (χ1) is 8.06. The van der Waals surface area contributed by atoms with Crippen LogP contribution in [0, 0.1) is 13.8 Å². The Hall–Kier alpha value is -2.04. The maximum absolute atomic E-state index is 5.86. The second-order valence-electron chi connectivity index (χ2n) is 4.18. The Bertz CT molecular complexity index is 521. The van der Waals surface area contributed by atoms with Gasteiger partial charge in [-0.05, 0) is 19.4 Å². The Labute approximate surface area is 100 Å². The molecule has 0 unspecified atom stereocenters. The summed E-state index contributed by atoms with van der Waals surface area (Å²) in [4.78, 5) is 6.31. The number of nitrogens with two attached hydrogens (primary N) is 1. The average Bonchev–Trinajstić information content (AvgIpc) is 2.68. The van der Waals surface area contributed by atoms with Gasteiger partial charge in [-0.15, -0.1) is 0 Å². The fourth-order valence-corrected chi connectivity index (χ4v) is 1.55. The van der Waals surface area contributed by atoms with Gasteiger partial charge in [-0.3, -0.25) is 0 Å². The summed E-state index contributed by atoms with van der Waals surface area (Å²) in [5.41, 5.74) is 8.47. The van der Waals surface area contributed by atoms with E-state index in [-0.39, 0.29) is 0 Å². The third-order valence-corrected chi connectivity index (χ3v) is 2.60. The van der Waals surface area contributed by atoms with Crippen molar-refractivity contribution in [3.63, 3.8) is 0 Å². The number of aromatic nitrogens is 2. The van der Waals surface area contributed by atoms with E-state index in [1.165, 1.54) is 0 Å².